The summed E-state index contributed by atoms with van der Waals surface area (Å²) in [7, 11) is 0. The van der Waals surface area contributed by atoms with Gasteiger partial charge in [0.05, 0.1) is 6.10 Å². The SMILES string of the molecule is CC(=O)[C@H](C)/C=C(\C)C(O)CC(=O)C(C)C[C@H](C)/C=C/C=C/C=C(\C)CCCCCC(C)C(O)(O)C(=O)C(=O)N1CCCCC1C. The highest BCUT2D eigenvalue weighted by molar-refractivity contribution is 6.38. The van der Waals surface area contributed by atoms with Gasteiger partial charge in [-0.1, -0.05) is 82.6 Å². The third-order valence-electron chi connectivity index (χ3n) is 9.38. The van der Waals surface area contributed by atoms with Crippen LogP contribution in [-0.4, -0.2) is 68.0 Å². The molecular formula is C38H61NO7. The third-order valence-corrected chi connectivity index (χ3v) is 9.38. The minimum atomic E-state index is -2.65. The second-order valence-electron chi connectivity index (χ2n) is 13.8. The molecule has 0 aliphatic carbocycles. The summed E-state index contributed by atoms with van der Waals surface area (Å²) in [6.07, 6.45) is 18.2. The lowest BCUT2D eigenvalue weighted by Gasteiger charge is -2.35. The number of amides is 1. The third kappa shape index (κ3) is 14.4. The summed E-state index contributed by atoms with van der Waals surface area (Å²) in [6.45, 7) is 15.0. The number of allylic oxidation sites excluding steroid dienone is 7. The van der Waals surface area contributed by atoms with Crippen molar-refractivity contribution in [2.45, 2.75) is 138 Å². The van der Waals surface area contributed by atoms with Crippen molar-refractivity contribution in [2.75, 3.05) is 6.54 Å². The first-order valence-electron chi connectivity index (χ1n) is 17.2. The number of ketones is 3. The van der Waals surface area contributed by atoms with Crippen molar-refractivity contribution in [3.63, 3.8) is 0 Å². The number of likely N-dealkylation sites (tertiary alicyclic amines) is 1. The van der Waals surface area contributed by atoms with E-state index in [9.17, 15) is 34.5 Å². The summed E-state index contributed by atoms with van der Waals surface area (Å²) >= 11 is 0. The number of unbranched alkanes of at least 4 members (excludes halogenated alkanes) is 2. The summed E-state index contributed by atoms with van der Waals surface area (Å²) < 4.78 is 0. The number of carbonyl (C=O) groups excluding carboxylic acids is 4. The zero-order chi connectivity index (χ0) is 35.0. The fourth-order valence-electron chi connectivity index (χ4n) is 5.71. The van der Waals surface area contributed by atoms with Gasteiger partial charge in [0, 0.05) is 36.8 Å². The molecule has 3 N–H and O–H groups in total. The van der Waals surface area contributed by atoms with Gasteiger partial charge in [-0.05, 0) is 84.1 Å². The Labute approximate surface area is 277 Å². The van der Waals surface area contributed by atoms with Crippen LogP contribution in [0.3, 0.4) is 0 Å². The molecule has 1 rings (SSSR count). The first-order chi connectivity index (χ1) is 21.5. The van der Waals surface area contributed by atoms with E-state index < -0.39 is 29.5 Å². The maximum absolute atomic E-state index is 12.6. The van der Waals surface area contributed by atoms with Gasteiger partial charge in [-0.15, -0.1) is 0 Å². The number of rotatable bonds is 20. The maximum Gasteiger partial charge on any atom is 0.296 e. The van der Waals surface area contributed by atoms with E-state index in [0.29, 0.717) is 25.0 Å². The van der Waals surface area contributed by atoms with Gasteiger partial charge >= 0.3 is 0 Å². The van der Waals surface area contributed by atoms with E-state index in [-0.39, 0.29) is 41.8 Å². The highest BCUT2D eigenvalue weighted by Crippen LogP contribution is 2.25. The van der Waals surface area contributed by atoms with Crippen LogP contribution < -0.4 is 0 Å². The van der Waals surface area contributed by atoms with Gasteiger partial charge < -0.3 is 20.2 Å². The van der Waals surface area contributed by atoms with Gasteiger partial charge in [0.2, 0.25) is 5.79 Å². The molecule has 1 fully saturated rings. The summed E-state index contributed by atoms with van der Waals surface area (Å²) in [5.41, 5.74) is 1.87. The molecule has 1 saturated heterocycles. The Balaban J connectivity index is 2.39. The molecule has 1 amide bonds. The fourth-order valence-corrected chi connectivity index (χ4v) is 5.71. The minimum absolute atomic E-state index is 0.0118. The minimum Gasteiger partial charge on any atom is -0.388 e. The molecule has 46 heavy (non-hydrogen) atoms. The van der Waals surface area contributed by atoms with Crippen LogP contribution in [0.15, 0.2) is 47.6 Å². The fraction of sp³-hybridized carbons (Fsp3) is 0.684. The lowest BCUT2D eigenvalue weighted by atomic mass is 9.89. The van der Waals surface area contributed by atoms with Gasteiger partial charge in [0.15, 0.2) is 0 Å². The van der Waals surface area contributed by atoms with Gasteiger partial charge in [-0.3, -0.25) is 19.2 Å². The van der Waals surface area contributed by atoms with E-state index in [4.69, 9.17) is 0 Å². The highest BCUT2D eigenvalue weighted by atomic mass is 16.5. The van der Waals surface area contributed by atoms with E-state index in [1.54, 1.807) is 26.8 Å². The molecule has 6 atom stereocenters. The first-order valence-corrected chi connectivity index (χ1v) is 17.2. The second-order valence-corrected chi connectivity index (χ2v) is 13.8. The molecular weight excluding hydrogens is 582 g/mol. The van der Waals surface area contributed by atoms with Gasteiger partial charge in [0.1, 0.15) is 11.6 Å². The average molecular weight is 644 g/mol. The second kappa shape index (κ2) is 20.5. The highest BCUT2D eigenvalue weighted by Gasteiger charge is 2.45. The molecule has 1 aliphatic heterocycles. The predicted octanol–water partition coefficient (Wildman–Crippen LogP) is 6.44. The van der Waals surface area contributed by atoms with Crippen LogP contribution in [0.5, 0.6) is 0 Å². The van der Waals surface area contributed by atoms with Gasteiger partial charge in [-0.2, -0.15) is 0 Å². The maximum atomic E-state index is 12.6. The zero-order valence-corrected chi connectivity index (χ0v) is 29.6. The smallest absolute Gasteiger partial charge is 0.296 e. The number of hydrogen-bond acceptors (Lipinski definition) is 7. The Morgan fingerprint density at radius 2 is 1.61 bits per heavy atom. The Morgan fingerprint density at radius 1 is 0.935 bits per heavy atom. The van der Waals surface area contributed by atoms with Crippen LogP contribution in [-0.2, 0) is 19.2 Å². The van der Waals surface area contributed by atoms with E-state index in [0.717, 1.165) is 44.9 Å². The van der Waals surface area contributed by atoms with Gasteiger partial charge in [-0.25, -0.2) is 0 Å². The van der Waals surface area contributed by atoms with E-state index in [2.05, 4.69) is 26.0 Å². The van der Waals surface area contributed by atoms with Crippen molar-refractivity contribution < 1.29 is 34.5 Å². The van der Waals surface area contributed by atoms with Crippen LogP contribution in [0, 0.1) is 23.7 Å². The summed E-state index contributed by atoms with van der Waals surface area (Å²) in [6, 6.07) is -0.0668. The molecule has 0 saturated carbocycles. The van der Waals surface area contributed by atoms with Crippen molar-refractivity contribution in [3.05, 3.63) is 47.6 Å². The quantitative estimate of drug-likeness (QED) is 0.0458. The number of aliphatic hydroxyl groups is 3. The largest absolute Gasteiger partial charge is 0.388 e. The number of Topliss-reactive ketones (excluding diaryl/α,β-unsaturated/α-hetero) is 3. The molecule has 4 unspecified atom stereocenters. The first kappa shape index (κ1) is 41.3. The summed E-state index contributed by atoms with van der Waals surface area (Å²) in [4.78, 5) is 50.8. The molecule has 8 heteroatoms. The molecule has 0 bridgehead atoms. The van der Waals surface area contributed by atoms with Crippen LogP contribution in [0.25, 0.3) is 0 Å². The average Bonchev–Trinajstić information content (AvgIpc) is 2.99. The molecule has 0 aromatic carbocycles. The van der Waals surface area contributed by atoms with Crippen LogP contribution in [0.1, 0.15) is 120 Å². The monoisotopic (exact) mass is 643 g/mol. The van der Waals surface area contributed by atoms with Crippen molar-refractivity contribution in [2.24, 2.45) is 23.7 Å². The Morgan fingerprint density at radius 3 is 2.24 bits per heavy atom. The molecule has 0 aromatic heterocycles. The van der Waals surface area contributed by atoms with E-state index >= 15 is 0 Å². The topological polar surface area (TPSA) is 132 Å². The number of aliphatic hydroxyl groups excluding tert-OH is 1. The predicted molar refractivity (Wildman–Crippen MR) is 184 cm³/mol. The lowest BCUT2D eigenvalue weighted by Crippen LogP contribution is -2.55. The van der Waals surface area contributed by atoms with E-state index in [1.165, 1.54) is 17.4 Å². The van der Waals surface area contributed by atoms with Crippen molar-refractivity contribution in [1.82, 2.24) is 4.90 Å². The van der Waals surface area contributed by atoms with Gasteiger partial charge in [0.25, 0.3) is 11.7 Å². The van der Waals surface area contributed by atoms with Crippen molar-refractivity contribution in [3.8, 4) is 0 Å². The standard InChI is InChI=1S/C38H61NO7/c1-26(18-12-10-14-20-31(6)38(45,46)36(43)37(44)39-22-16-15-21-32(39)7)17-11-9-13-19-27(2)23-29(4)34(41)25-35(42)30(5)24-28(3)33(8)40/h9,11,13,17,19,24,27-29,31-32,35,42,45-46H,10,12,14-16,18,20-23,25H2,1-8H3/b11-9+,19-13+,26-17+,30-24+/t27-,28-,29?,31?,32?,35?/m1/s1. The molecule has 0 aromatic rings. The molecule has 1 heterocycles. The van der Waals surface area contributed by atoms with Crippen LogP contribution >= 0.6 is 0 Å². The Kier molecular flexibility index (Phi) is 18.5. The van der Waals surface area contributed by atoms with Crippen molar-refractivity contribution in [1.29, 1.82) is 0 Å². The number of hydrogen-bond donors (Lipinski definition) is 3. The molecule has 8 nitrogen and oxygen atoms in total. The molecule has 0 spiro atoms. The normalized spacial score (nSPS) is 20.1. The number of carbonyl (C=O) groups is 4. The van der Waals surface area contributed by atoms with Crippen molar-refractivity contribution >= 4 is 23.3 Å². The van der Waals surface area contributed by atoms with Crippen LogP contribution in [0.2, 0.25) is 0 Å². The van der Waals surface area contributed by atoms with E-state index in [1.807, 2.05) is 32.1 Å². The van der Waals surface area contributed by atoms with Crippen LogP contribution in [0.4, 0.5) is 0 Å². The molecule has 260 valence electrons. The number of piperidine rings is 1. The Bertz CT molecular complexity index is 1130. The lowest BCUT2D eigenvalue weighted by molar-refractivity contribution is -0.205. The Hall–Kier alpha value is -2.68. The summed E-state index contributed by atoms with van der Waals surface area (Å²) in [5, 5.41) is 31.4. The molecule has 1 aliphatic rings. The molecule has 0 radical (unpaired) electrons. The zero-order valence-electron chi connectivity index (χ0n) is 29.6. The summed E-state index contributed by atoms with van der Waals surface area (Å²) in [5.74, 6) is -5.53. The number of nitrogens with zero attached hydrogens (tertiary/aromatic N) is 1.